The first kappa shape index (κ1) is 23.7. The maximum absolute atomic E-state index is 14.0. The molecule has 0 spiro atoms. The molecule has 0 aliphatic carbocycles. The molecule has 3 aromatic rings. The highest BCUT2D eigenvalue weighted by molar-refractivity contribution is 7.18. The highest BCUT2D eigenvalue weighted by Crippen LogP contribution is 2.31. The maximum atomic E-state index is 14.0. The van der Waals surface area contributed by atoms with Gasteiger partial charge in [0, 0.05) is 33.2 Å². The van der Waals surface area contributed by atoms with E-state index in [0.717, 1.165) is 23.5 Å². The molecule has 0 unspecified atom stereocenters. The van der Waals surface area contributed by atoms with E-state index in [-0.39, 0.29) is 36.7 Å². The van der Waals surface area contributed by atoms with Crippen molar-refractivity contribution in [2.45, 2.75) is 18.6 Å². The van der Waals surface area contributed by atoms with Crippen LogP contribution in [0.2, 0.25) is 0 Å². The quantitative estimate of drug-likeness (QED) is 0.375. The molecule has 11 heteroatoms. The summed E-state index contributed by atoms with van der Waals surface area (Å²) >= 11 is 0.873. The van der Waals surface area contributed by atoms with Crippen LogP contribution in [-0.4, -0.2) is 59.0 Å². The van der Waals surface area contributed by atoms with E-state index in [9.17, 15) is 23.5 Å². The zero-order valence-corrected chi connectivity index (χ0v) is 19.0. The molecule has 1 amide bonds. The Morgan fingerprint density at radius 1 is 1.24 bits per heavy atom. The molecule has 2 heterocycles. The molecule has 0 saturated carbocycles. The number of nitrogens with one attached hydrogen (secondary N) is 2. The molecule has 1 aliphatic rings. The number of carbonyl (C=O) groups is 2. The van der Waals surface area contributed by atoms with Crippen LogP contribution in [0.4, 0.5) is 25.4 Å². The lowest BCUT2D eigenvalue weighted by Crippen LogP contribution is -2.38. The van der Waals surface area contributed by atoms with E-state index < -0.39 is 23.0 Å². The third kappa shape index (κ3) is 5.06. The molecule has 5 N–H and O–H groups in total. The second kappa shape index (κ2) is 9.84. The van der Waals surface area contributed by atoms with Gasteiger partial charge in [0.25, 0.3) is 5.91 Å². The van der Waals surface area contributed by atoms with Crippen LogP contribution in [0.15, 0.2) is 42.5 Å². The van der Waals surface area contributed by atoms with E-state index in [0.29, 0.717) is 30.8 Å². The minimum atomic E-state index is -0.975. The summed E-state index contributed by atoms with van der Waals surface area (Å²) in [4.78, 5) is 31.0. The number of ketones is 1. The van der Waals surface area contributed by atoms with Gasteiger partial charge in [0.2, 0.25) is 5.78 Å². The monoisotopic (exact) mass is 491 g/mol. The summed E-state index contributed by atoms with van der Waals surface area (Å²) < 4.78 is 27.9. The molecule has 0 radical (unpaired) electrons. The van der Waals surface area contributed by atoms with Gasteiger partial charge in [0.1, 0.15) is 22.3 Å². The van der Waals surface area contributed by atoms with Crippen molar-refractivity contribution in [3.05, 3.63) is 70.1 Å². The number of carbonyl (C=O) groups excluding carboxylic acids is 2. The minimum absolute atomic E-state index is 0. The van der Waals surface area contributed by atoms with Crippen LogP contribution in [0.5, 0.6) is 0 Å². The van der Waals surface area contributed by atoms with Gasteiger partial charge < -0.3 is 21.5 Å². The van der Waals surface area contributed by atoms with Crippen molar-refractivity contribution < 1.29 is 26.3 Å². The van der Waals surface area contributed by atoms with E-state index in [1.807, 2.05) is 11.9 Å². The molecular formula is C23H27F2N5O3S. The normalized spacial score (nSPS) is 18.1. The maximum Gasteiger partial charge on any atom is 0.251 e. The molecule has 8 nitrogen and oxygen atoms in total. The average molecular weight is 492 g/mol. The predicted molar refractivity (Wildman–Crippen MR) is 130 cm³/mol. The molecule has 34 heavy (non-hydrogen) atoms. The largest absolute Gasteiger partial charge is 0.392 e. The van der Waals surface area contributed by atoms with E-state index in [4.69, 9.17) is 5.73 Å². The van der Waals surface area contributed by atoms with Gasteiger partial charge in [0.05, 0.1) is 11.7 Å². The molecule has 2 atom stereocenters. The van der Waals surface area contributed by atoms with E-state index >= 15 is 0 Å². The fourth-order valence-corrected chi connectivity index (χ4v) is 4.66. The van der Waals surface area contributed by atoms with E-state index in [2.05, 4.69) is 15.6 Å². The van der Waals surface area contributed by atoms with Crippen LogP contribution in [0.25, 0.3) is 0 Å². The van der Waals surface area contributed by atoms with Crippen LogP contribution in [-0.2, 0) is 0 Å². The average Bonchev–Trinajstić information content (AvgIpc) is 3.32. The molecule has 4 rings (SSSR count). The lowest BCUT2D eigenvalue weighted by atomic mass is 10.1. The fraction of sp³-hybridized carbons (Fsp3) is 0.261. The lowest BCUT2D eigenvalue weighted by Gasteiger charge is -2.19. The Labute approximate surface area is 201 Å². The first-order chi connectivity index (χ1) is 16.2. The SMILES string of the molecule is CN1C[C@H](O)C[C@H]1CNC(=O)c1ccc(Nc2nc(N)c(C(=O)c3c(F)cccc3F)s2)cc1.[HH].[HH]. The van der Waals surface area contributed by atoms with Crippen molar-refractivity contribution in [1.29, 1.82) is 0 Å². The number of thiazole rings is 1. The summed E-state index contributed by atoms with van der Waals surface area (Å²) in [5, 5.41) is 15.8. The summed E-state index contributed by atoms with van der Waals surface area (Å²) in [6.45, 7) is 1.02. The van der Waals surface area contributed by atoms with Crippen molar-refractivity contribution in [3.8, 4) is 0 Å². The Morgan fingerprint density at radius 2 is 1.91 bits per heavy atom. The van der Waals surface area contributed by atoms with E-state index in [1.54, 1.807) is 24.3 Å². The number of nitrogens with two attached hydrogens (primary N) is 1. The zero-order chi connectivity index (χ0) is 24.4. The zero-order valence-electron chi connectivity index (χ0n) is 18.2. The van der Waals surface area contributed by atoms with Gasteiger partial charge >= 0.3 is 0 Å². The third-order valence-electron chi connectivity index (χ3n) is 5.61. The van der Waals surface area contributed by atoms with Gasteiger partial charge in [-0.15, -0.1) is 0 Å². The number of aromatic nitrogens is 1. The first-order valence-electron chi connectivity index (χ1n) is 10.5. The smallest absolute Gasteiger partial charge is 0.251 e. The number of β-amino-alcohol motifs (C(OH)–C–C–N with tert-alkyl or cyclic N) is 1. The predicted octanol–water partition coefficient (Wildman–Crippen LogP) is 3.26. The van der Waals surface area contributed by atoms with Crippen molar-refractivity contribution in [1.82, 2.24) is 15.2 Å². The standard InChI is InChI=1S/C23H23F2N5O3S.2H2/c1-30-11-15(31)9-14(30)10-27-22(33)12-5-7-13(8-6-12)28-23-29-21(26)20(34-23)19(32)18-16(24)3-2-4-17(18)25;;/h2-8,14-15,31H,9-11,26H2,1H3,(H,27,33)(H,28,29);2*1H/t14-,15+;;/m0../s1. The first-order valence-corrected chi connectivity index (χ1v) is 11.3. The minimum Gasteiger partial charge on any atom is -0.392 e. The fourth-order valence-electron chi connectivity index (χ4n) is 3.81. The number of likely N-dealkylation sites (tertiary alicyclic amines) is 1. The third-order valence-corrected chi connectivity index (χ3v) is 6.60. The number of nitrogen functional groups attached to an aromatic ring is 1. The van der Waals surface area contributed by atoms with Gasteiger partial charge in [0.15, 0.2) is 5.13 Å². The van der Waals surface area contributed by atoms with E-state index in [1.165, 1.54) is 6.07 Å². The second-order valence-corrected chi connectivity index (χ2v) is 9.05. The van der Waals surface area contributed by atoms with Gasteiger partial charge in [-0.05, 0) is 49.9 Å². The van der Waals surface area contributed by atoms with Crippen LogP contribution in [0.1, 0.15) is 34.9 Å². The number of halogens is 2. The molecule has 1 aromatic heterocycles. The summed E-state index contributed by atoms with van der Waals surface area (Å²) in [7, 11) is 1.91. The van der Waals surface area contributed by atoms with Gasteiger partial charge in [-0.25, -0.2) is 13.8 Å². The van der Waals surface area contributed by atoms with Crippen LogP contribution >= 0.6 is 11.3 Å². The highest BCUT2D eigenvalue weighted by Gasteiger charge is 2.28. The number of hydrogen-bond donors (Lipinski definition) is 4. The number of amides is 1. The number of hydrogen-bond acceptors (Lipinski definition) is 8. The lowest BCUT2D eigenvalue weighted by molar-refractivity contribution is 0.0942. The number of rotatable bonds is 7. The van der Waals surface area contributed by atoms with Crippen molar-refractivity contribution >= 4 is 39.7 Å². The Balaban J connectivity index is 0.00000228. The highest BCUT2D eigenvalue weighted by atomic mass is 32.1. The summed E-state index contributed by atoms with van der Waals surface area (Å²) in [5.41, 5.74) is 6.18. The second-order valence-electron chi connectivity index (χ2n) is 8.05. The molecule has 0 bridgehead atoms. The Morgan fingerprint density at radius 3 is 2.53 bits per heavy atom. The topological polar surface area (TPSA) is 121 Å². The molecule has 182 valence electrons. The molecule has 1 fully saturated rings. The summed E-state index contributed by atoms with van der Waals surface area (Å²) in [6, 6.07) is 9.84. The van der Waals surface area contributed by atoms with Crippen LogP contribution < -0.4 is 16.4 Å². The Hall–Kier alpha value is -3.41. The number of aliphatic hydroxyl groups excluding tert-OH is 1. The van der Waals surface area contributed by atoms with Crippen molar-refractivity contribution in [3.63, 3.8) is 0 Å². The number of anilines is 3. The Bertz CT molecular complexity index is 1210. The Kier molecular flexibility index (Phi) is 6.87. The summed E-state index contributed by atoms with van der Waals surface area (Å²) in [5.74, 6) is -3.21. The number of benzene rings is 2. The summed E-state index contributed by atoms with van der Waals surface area (Å²) in [6.07, 6.45) is 0.240. The van der Waals surface area contributed by atoms with Gasteiger partial charge in [-0.3, -0.25) is 14.5 Å². The number of nitrogens with zero attached hydrogens (tertiary/aromatic N) is 2. The number of aliphatic hydroxyl groups is 1. The molecule has 1 saturated heterocycles. The number of likely N-dealkylation sites (N-methyl/N-ethyl adjacent to an activating group) is 1. The molecule has 2 aromatic carbocycles. The van der Waals surface area contributed by atoms with Crippen LogP contribution in [0.3, 0.4) is 0 Å². The molecule has 1 aliphatic heterocycles. The molecular weight excluding hydrogens is 464 g/mol. The van der Waals surface area contributed by atoms with Crippen LogP contribution in [0, 0.1) is 11.6 Å². The van der Waals surface area contributed by atoms with Crippen molar-refractivity contribution in [2.75, 3.05) is 31.2 Å². The van der Waals surface area contributed by atoms with Crippen molar-refractivity contribution in [2.24, 2.45) is 0 Å². The van der Waals surface area contributed by atoms with Gasteiger partial charge in [-0.2, -0.15) is 0 Å². The van der Waals surface area contributed by atoms with Gasteiger partial charge in [-0.1, -0.05) is 17.4 Å².